The van der Waals surface area contributed by atoms with Gasteiger partial charge in [-0.15, -0.1) is 0 Å². The predicted octanol–water partition coefficient (Wildman–Crippen LogP) is 4.41. The van der Waals surface area contributed by atoms with Gasteiger partial charge >= 0.3 is 0 Å². The first-order chi connectivity index (χ1) is 10.8. The molecule has 0 bridgehead atoms. The lowest BCUT2D eigenvalue weighted by atomic mass is 9.80. The van der Waals surface area contributed by atoms with E-state index in [9.17, 15) is 9.59 Å². The fourth-order valence-electron chi connectivity index (χ4n) is 3.40. The number of carbonyl (C=O) groups excluding carboxylic acids is 2. The normalized spacial score (nSPS) is 19.1. The second-order valence-corrected chi connectivity index (χ2v) is 5.98. The van der Waals surface area contributed by atoms with E-state index in [0.717, 1.165) is 24.0 Å². The lowest BCUT2D eigenvalue weighted by Gasteiger charge is -2.22. The monoisotopic (exact) mass is 292 g/mol. The van der Waals surface area contributed by atoms with Crippen LogP contribution in [-0.2, 0) is 4.79 Å². The molecule has 2 atom stereocenters. The summed E-state index contributed by atoms with van der Waals surface area (Å²) in [6.45, 7) is 0. The molecular weight excluding hydrogens is 272 g/mol. The summed E-state index contributed by atoms with van der Waals surface area (Å²) in [5.41, 5.74) is 1.83. The van der Waals surface area contributed by atoms with Crippen LogP contribution in [0.1, 0.15) is 47.5 Å². The molecule has 2 aromatic carbocycles. The molecule has 22 heavy (non-hydrogen) atoms. The smallest absolute Gasteiger partial charge is 0.163 e. The molecule has 0 unspecified atom stereocenters. The van der Waals surface area contributed by atoms with Crippen molar-refractivity contribution in [2.24, 2.45) is 5.92 Å². The Morgan fingerprint density at radius 3 is 2.23 bits per heavy atom. The molecule has 0 radical (unpaired) electrons. The summed E-state index contributed by atoms with van der Waals surface area (Å²) in [4.78, 5) is 24.8. The summed E-state index contributed by atoms with van der Waals surface area (Å²) in [7, 11) is 0. The van der Waals surface area contributed by atoms with Crippen LogP contribution in [0.5, 0.6) is 0 Å². The van der Waals surface area contributed by atoms with Crippen molar-refractivity contribution in [2.45, 2.75) is 31.6 Å². The molecule has 1 fully saturated rings. The quantitative estimate of drug-likeness (QED) is 0.765. The summed E-state index contributed by atoms with van der Waals surface area (Å²) in [5.74, 6) is 0.433. The van der Waals surface area contributed by atoms with E-state index >= 15 is 0 Å². The van der Waals surface area contributed by atoms with Crippen LogP contribution in [0.2, 0.25) is 0 Å². The second kappa shape index (κ2) is 6.69. The number of hydrogen-bond acceptors (Lipinski definition) is 2. The third-order valence-corrected chi connectivity index (χ3v) is 4.57. The van der Waals surface area contributed by atoms with Crippen molar-refractivity contribution in [2.75, 3.05) is 0 Å². The Morgan fingerprint density at radius 2 is 1.64 bits per heavy atom. The molecule has 0 N–H and O–H groups in total. The molecule has 1 aliphatic carbocycles. The molecule has 2 nitrogen and oxygen atoms in total. The van der Waals surface area contributed by atoms with E-state index in [4.69, 9.17) is 0 Å². The molecule has 1 saturated carbocycles. The standard InChI is InChI=1S/C20H20O2/c21-19-13-7-12-17(19)18(15-8-3-1-4-9-15)14-20(22)16-10-5-2-6-11-16/h1-6,8-11,17-18H,7,12-14H2/t17-,18+/m1/s1. The average Bonchev–Trinajstić information content (AvgIpc) is 3.00. The van der Waals surface area contributed by atoms with Crippen molar-refractivity contribution >= 4 is 11.6 Å². The van der Waals surface area contributed by atoms with Crippen LogP contribution >= 0.6 is 0 Å². The molecular formula is C20H20O2. The van der Waals surface area contributed by atoms with Gasteiger partial charge in [-0.25, -0.2) is 0 Å². The van der Waals surface area contributed by atoms with E-state index in [1.165, 1.54) is 0 Å². The largest absolute Gasteiger partial charge is 0.299 e. The number of rotatable bonds is 5. The first-order valence-corrected chi connectivity index (χ1v) is 7.91. The van der Waals surface area contributed by atoms with Gasteiger partial charge in [0.05, 0.1) is 0 Å². The third kappa shape index (κ3) is 3.16. The fourth-order valence-corrected chi connectivity index (χ4v) is 3.40. The van der Waals surface area contributed by atoms with Crippen LogP contribution in [0.25, 0.3) is 0 Å². The number of ketones is 2. The van der Waals surface area contributed by atoms with Crippen LogP contribution in [0.15, 0.2) is 60.7 Å². The number of hydrogen-bond donors (Lipinski definition) is 0. The van der Waals surface area contributed by atoms with Crippen LogP contribution < -0.4 is 0 Å². The fraction of sp³-hybridized carbons (Fsp3) is 0.300. The first kappa shape index (κ1) is 14.7. The maximum Gasteiger partial charge on any atom is 0.163 e. The number of carbonyl (C=O) groups is 2. The minimum absolute atomic E-state index is 0.00362. The van der Waals surface area contributed by atoms with Crippen LogP contribution in [0.4, 0.5) is 0 Å². The zero-order valence-electron chi connectivity index (χ0n) is 12.6. The minimum Gasteiger partial charge on any atom is -0.299 e. The molecule has 0 aromatic heterocycles. The van der Waals surface area contributed by atoms with Crippen LogP contribution in [0, 0.1) is 5.92 Å². The topological polar surface area (TPSA) is 34.1 Å². The van der Waals surface area contributed by atoms with Crippen LogP contribution in [-0.4, -0.2) is 11.6 Å². The molecule has 0 heterocycles. The highest BCUT2D eigenvalue weighted by atomic mass is 16.1. The van der Waals surface area contributed by atoms with Gasteiger partial charge in [-0.1, -0.05) is 60.7 Å². The molecule has 0 saturated heterocycles. The number of benzene rings is 2. The van der Waals surface area contributed by atoms with Gasteiger partial charge in [0.1, 0.15) is 5.78 Å². The first-order valence-electron chi connectivity index (χ1n) is 7.91. The highest BCUT2D eigenvalue weighted by Gasteiger charge is 2.34. The summed E-state index contributed by atoms with van der Waals surface area (Å²) < 4.78 is 0. The predicted molar refractivity (Wildman–Crippen MR) is 86.9 cm³/mol. The summed E-state index contributed by atoms with van der Waals surface area (Å²) in [6.07, 6.45) is 2.92. The second-order valence-electron chi connectivity index (χ2n) is 5.98. The SMILES string of the molecule is O=C(C[C@@H](c1ccccc1)[C@H]1CCCC1=O)c1ccccc1. The van der Waals surface area contributed by atoms with E-state index in [0.29, 0.717) is 18.6 Å². The van der Waals surface area contributed by atoms with Crippen molar-refractivity contribution in [3.8, 4) is 0 Å². The lowest BCUT2D eigenvalue weighted by molar-refractivity contribution is -0.121. The van der Waals surface area contributed by atoms with E-state index in [-0.39, 0.29) is 17.6 Å². The maximum atomic E-state index is 12.6. The van der Waals surface area contributed by atoms with Crippen molar-refractivity contribution < 1.29 is 9.59 Å². The van der Waals surface area contributed by atoms with Gasteiger partial charge < -0.3 is 0 Å². The zero-order valence-corrected chi connectivity index (χ0v) is 12.6. The van der Waals surface area contributed by atoms with Gasteiger partial charge in [-0.3, -0.25) is 9.59 Å². The van der Waals surface area contributed by atoms with Crippen molar-refractivity contribution in [3.63, 3.8) is 0 Å². The van der Waals surface area contributed by atoms with E-state index in [2.05, 4.69) is 0 Å². The molecule has 0 aliphatic heterocycles. The highest BCUT2D eigenvalue weighted by molar-refractivity contribution is 5.97. The number of Topliss-reactive ketones (excluding diaryl/α,β-unsaturated/α-hetero) is 2. The molecule has 2 aromatic rings. The van der Waals surface area contributed by atoms with Gasteiger partial charge in [0.15, 0.2) is 5.78 Å². The van der Waals surface area contributed by atoms with Crippen LogP contribution in [0.3, 0.4) is 0 Å². The van der Waals surface area contributed by atoms with E-state index in [1.54, 1.807) is 0 Å². The Morgan fingerprint density at radius 1 is 1.00 bits per heavy atom. The Balaban J connectivity index is 1.86. The average molecular weight is 292 g/mol. The minimum atomic E-state index is -0.00457. The molecule has 0 amide bonds. The van der Waals surface area contributed by atoms with Crippen molar-refractivity contribution in [1.29, 1.82) is 0 Å². The van der Waals surface area contributed by atoms with Gasteiger partial charge in [-0.2, -0.15) is 0 Å². The van der Waals surface area contributed by atoms with Crippen molar-refractivity contribution in [3.05, 3.63) is 71.8 Å². The van der Waals surface area contributed by atoms with E-state index < -0.39 is 0 Å². The Hall–Kier alpha value is -2.22. The molecule has 1 aliphatic rings. The molecule has 3 rings (SSSR count). The van der Waals surface area contributed by atoms with Gasteiger partial charge in [0.2, 0.25) is 0 Å². The van der Waals surface area contributed by atoms with Gasteiger partial charge in [0, 0.05) is 30.2 Å². The Kier molecular flexibility index (Phi) is 4.47. The molecule has 0 spiro atoms. The third-order valence-electron chi connectivity index (χ3n) is 4.57. The van der Waals surface area contributed by atoms with Gasteiger partial charge in [-0.05, 0) is 18.4 Å². The summed E-state index contributed by atoms with van der Waals surface area (Å²) in [6, 6.07) is 19.4. The highest BCUT2D eigenvalue weighted by Crippen LogP contribution is 2.37. The zero-order chi connectivity index (χ0) is 15.4. The van der Waals surface area contributed by atoms with Crippen molar-refractivity contribution in [1.82, 2.24) is 0 Å². The molecule has 2 heteroatoms. The maximum absolute atomic E-state index is 12.6. The summed E-state index contributed by atoms with van der Waals surface area (Å²) in [5, 5.41) is 0. The van der Waals surface area contributed by atoms with E-state index in [1.807, 2.05) is 60.7 Å². The Labute approximate surface area is 131 Å². The summed E-state index contributed by atoms with van der Waals surface area (Å²) >= 11 is 0. The Bertz CT molecular complexity index is 646. The molecule has 112 valence electrons. The lowest BCUT2D eigenvalue weighted by Crippen LogP contribution is -2.20. The van der Waals surface area contributed by atoms with Gasteiger partial charge in [0.25, 0.3) is 0 Å².